The summed E-state index contributed by atoms with van der Waals surface area (Å²) in [4.78, 5) is 0. The summed E-state index contributed by atoms with van der Waals surface area (Å²) in [6.45, 7) is 7.02. The zero-order valence-corrected chi connectivity index (χ0v) is 7.42. The van der Waals surface area contributed by atoms with E-state index in [4.69, 9.17) is 0 Å². The Morgan fingerprint density at radius 1 is 1.33 bits per heavy atom. The van der Waals surface area contributed by atoms with Gasteiger partial charge in [-0.25, -0.2) is 0 Å². The Balaban J connectivity index is 3.50. The average Bonchev–Trinajstić information content (AvgIpc) is 1.63. The second-order valence-corrected chi connectivity index (χ2v) is 3.32. The Bertz CT molecular complexity index is 114. The van der Waals surface area contributed by atoms with Crippen molar-refractivity contribution in [3.05, 3.63) is 0 Å². The normalized spacial score (nSPS) is 12.6. The summed E-state index contributed by atoms with van der Waals surface area (Å²) in [5, 5.41) is 7.22. The number of hydrogen-bond acceptors (Lipinski definition) is 2. The van der Waals surface area contributed by atoms with Crippen LogP contribution in [0.4, 0.5) is 0 Å². The van der Waals surface area contributed by atoms with Crippen molar-refractivity contribution in [3.8, 4) is 0 Å². The minimum absolute atomic E-state index is 0.214. The van der Waals surface area contributed by atoms with Crippen molar-refractivity contribution in [3.63, 3.8) is 0 Å². The van der Waals surface area contributed by atoms with Crippen molar-refractivity contribution >= 4 is 0 Å². The van der Waals surface area contributed by atoms with Gasteiger partial charge in [0.2, 0.25) is 0 Å². The third-order valence-corrected chi connectivity index (χ3v) is 0.776. The van der Waals surface area contributed by atoms with Crippen LogP contribution < -0.4 is 0 Å². The summed E-state index contributed by atoms with van der Waals surface area (Å²) in [5.41, 5.74) is 0.214. The molecule has 0 aliphatic heterocycles. The molecule has 0 aromatic carbocycles. The Labute approximate surface area is 66.2 Å². The van der Waals surface area contributed by atoms with Gasteiger partial charge >= 0.3 is 65.8 Å². The molecule has 56 valence electrons. The summed E-state index contributed by atoms with van der Waals surface area (Å²) in [6.07, 6.45) is 0. The van der Waals surface area contributed by atoms with E-state index in [0.29, 0.717) is 6.54 Å². The molecule has 0 radical (unpaired) electrons. The van der Waals surface area contributed by atoms with E-state index in [2.05, 4.69) is 53.8 Å². The van der Waals surface area contributed by atoms with E-state index in [0.717, 1.165) is 0 Å². The van der Waals surface area contributed by atoms with Crippen LogP contribution in [0.25, 0.3) is 0 Å². The van der Waals surface area contributed by atoms with Gasteiger partial charge in [0.25, 0.3) is 0 Å². The number of rotatable bonds is 2. The first kappa shape index (κ1) is 9.06. The summed E-state index contributed by atoms with van der Waals surface area (Å²) < 4.78 is 3.35. The molecule has 0 aromatic rings. The van der Waals surface area contributed by atoms with E-state index in [-0.39, 0.29) is 5.41 Å². The van der Waals surface area contributed by atoms with Gasteiger partial charge in [-0.1, -0.05) is 0 Å². The molecule has 0 heterocycles. The van der Waals surface area contributed by atoms with Crippen molar-refractivity contribution in [1.82, 2.24) is 0 Å². The van der Waals surface area contributed by atoms with Crippen LogP contribution in [-0.2, 0) is 19.0 Å². The Hall–Kier alpha value is 0.0623. The molecule has 0 amide bonds. The van der Waals surface area contributed by atoms with E-state index >= 15 is 0 Å². The van der Waals surface area contributed by atoms with Gasteiger partial charge in [-0.15, -0.1) is 0 Å². The summed E-state index contributed by atoms with van der Waals surface area (Å²) in [7, 11) is 0. The molecule has 0 bridgehead atoms. The van der Waals surface area contributed by atoms with Crippen molar-refractivity contribution < 1.29 is 19.0 Å². The predicted molar refractivity (Wildman–Crippen MR) is 31.6 cm³/mol. The molecular weight excluding hydrogens is 208 g/mol. The van der Waals surface area contributed by atoms with Gasteiger partial charge < -0.3 is 0 Å². The molecule has 0 aliphatic carbocycles. The van der Waals surface area contributed by atoms with Crippen LogP contribution in [0.15, 0.2) is 14.0 Å². The zero-order valence-electron chi connectivity index (χ0n) is 5.86. The zero-order chi connectivity index (χ0) is 7.33. The SMILES string of the molecule is CC(C)(C)CN=N[N]=[Pd]. The van der Waals surface area contributed by atoms with Gasteiger partial charge in [0, 0.05) is 0 Å². The van der Waals surface area contributed by atoms with E-state index in [9.17, 15) is 0 Å². The van der Waals surface area contributed by atoms with Crippen LogP contribution in [0.2, 0.25) is 0 Å². The molecule has 0 aromatic heterocycles. The molecule has 0 aliphatic rings. The van der Waals surface area contributed by atoms with Crippen molar-refractivity contribution in [1.29, 1.82) is 0 Å². The fourth-order valence-electron chi connectivity index (χ4n) is 0.264. The first-order valence-corrected chi connectivity index (χ1v) is 3.41. The molecule has 0 spiro atoms. The van der Waals surface area contributed by atoms with E-state index in [1.165, 1.54) is 0 Å². The molecule has 0 unspecified atom stereocenters. The Morgan fingerprint density at radius 3 is 2.22 bits per heavy atom. The van der Waals surface area contributed by atoms with Gasteiger partial charge in [0.1, 0.15) is 0 Å². The van der Waals surface area contributed by atoms with Crippen molar-refractivity contribution in [2.24, 2.45) is 19.4 Å². The van der Waals surface area contributed by atoms with Crippen LogP contribution in [0.3, 0.4) is 0 Å². The predicted octanol–water partition coefficient (Wildman–Crippen LogP) is 2.13. The fourth-order valence-corrected chi connectivity index (χ4v) is 0.362. The van der Waals surface area contributed by atoms with Crippen LogP contribution in [0.5, 0.6) is 0 Å². The molecule has 0 N–H and O–H groups in total. The van der Waals surface area contributed by atoms with Gasteiger partial charge in [0.05, 0.1) is 0 Å². The molecule has 0 saturated heterocycles. The van der Waals surface area contributed by atoms with Crippen LogP contribution in [0, 0.1) is 5.41 Å². The molecule has 3 nitrogen and oxygen atoms in total. The summed E-state index contributed by atoms with van der Waals surface area (Å²) >= 11 is 2.55. The van der Waals surface area contributed by atoms with Crippen molar-refractivity contribution in [2.45, 2.75) is 20.8 Å². The Kier molecular flexibility index (Phi) is 4.00. The Morgan fingerprint density at radius 2 is 1.89 bits per heavy atom. The fraction of sp³-hybridized carbons (Fsp3) is 1.00. The standard InChI is InChI=1S/C5H11N3.Pd/c1-5(2,3)4-7-8-6;/h4H2,1-3H3;. The van der Waals surface area contributed by atoms with Crippen LogP contribution in [0.1, 0.15) is 20.8 Å². The molecular formula is C5H11N3Pd. The quantitative estimate of drug-likeness (QED) is 0.388. The third kappa shape index (κ3) is 8.06. The van der Waals surface area contributed by atoms with Gasteiger partial charge in [-0.3, -0.25) is 0 Å². The third-order valence-electron chi connectivity index (χ3n) is 0.637. The molecule has 9 heavy (non-hydrogen) atoms. The van der Waals surface area contributed by atoms with E-state index in [1.807, 2.05) is 0 Å². The second-order valence-electron chi connectivity index (χ2n) is 3.01. The molecule has 0 rings (SSSR count). The second kappa shape index (κ2) is 3.97. The average molecular weight is 220 g/mol. The number of hydrogen-bond donors (Lipinski definition) is 0. The van der Waals surface area contributed by atoms with Gasteiger partial charge in [-0.2, -0.15) is 0 Å². The molecule has 0 fully saturated rings. The van der Waals surface area contributed by atoms with Crippen molar-refractivity contribution in [2.75, 3.05) is 6.54 Å². The monoisotopic (exact) mass is 219 g/mol. The summed E-state index contributed by atoms with van der Waals surface area (Å²) in [5.74, 6) is 0. The topological polar surface area (TPSA) is 37.1 Å². The number of nitrogens with zero attached hydrogens (tertiary/aromatic N) is 3. The molecule has 4 heteroatoms. The van der Waals surface area contributed by atoms with E-state index < -0.39 is 0 Å². The van der Waals surface area contributed by atoms with Gasteiger partial charge in [0.15, 0.2) is 0 Å². The van der Waals surface area contributed by atoms with E-state index in [1.54, 1.807) is 0 Å². The molecule has 0 atom stereocenters. The maximum absolute atomic E-state index is 3.78. The maximum atomic E-state index is 3.78. The molecule has 0 saturated carbocycles. The van der Waals surface area contributed by atoms with Crippen LogP contribution in [-0.4, -0.2) is 6.54 Å². The minimum atomic E-state index is 0.214. The first-order chi connectivity index (χ1) is 4.06. The van der Waals surface area contributed by atoms with Gasteiger partial charge in [-0.05, 0) is 0 Å². The first-order valence-electron chi connectivity index (χ1n) is 2.71. The summed E-state index contributed by atoms with van der Waals surface area (Å²) in [6, 6.07) is 0. The van der Waals surface area contributed by atoms with Crippen LogP contribution >= 0.6 is 0 Å².